The Hall–Kier alpha value is -1.39. The lowest BCUT2D eigenvalue weighted by molar-refractivity contribution is -0.146. The number of nitrogens with two attached hydrogens (primary N) is 1. The van der Waals surface area contributed by atoms with Crippen LogP contribution in [-0.2, 0) is 11.3 Å². The van der Waals surface area contributed by atoms with Crippen molar-refractivity contribution in [3.05, 3.63) is 35.4 Å². The van der Waals surface area contributed by atoms with Gasteiger partial charge in [-0.05, 0) is 43.9 Å². The van der Waals surface area contributed by atoms with Gasteiger partial charge in [-0.1, -0.05) is 31.4 Å². The number of rotatable bonds is 5. The van der Waals surface area contributed by atoms with Crippen molar-refractivity contribution >= 4 is 5.91 Å². The average molecular weight is 316 g/mol. The van der Waals surface area contributed by atoms with Crippen LogP contribution in [0.1, 0.15) is 61.4 Å². The third kappa shape index (κ3) is 3.15. The number of amides is 1. The van der Waals surface area contributed by atoms with Crippen LogP contribution < -0.4 is 11.1 Å². The Kier molecular flexibility index (Phi) is 5.02. The van der Waals surface area contributed by atoms with Gasteiger partial charge in [-0.15, -0.1) is 0 Å². The standard InChI is InChI=1S/C19H28N2O2/c1-2-23-17-12-16(19(17)10-4-3-5-11-19)21-18(22)15-8-6-14(13-20)7-9-15/h6-9,16-17H,2-5,10-13,20H2,1H3,(H,21,22). The van der Waals surface area contributed by atoms with Crippen molar-refractivity contribution < 1.29 is 9.53 Å². The lowest BCUT2D eigenvalue weighted by Gasteiger charge is -2.57. The first-order valence-electron chi connectivity index (χ1n) is 8.91. The van der Waals surface area contributed by atoms with Crippen molar-refractivity contribution in [3.8, 4) is 0 Å². The summed E-state index contributed by atoms with van der Waals surface area (Å²) in [5, 5.41) is 3.27. The fraction of sp³-hybridized carbons (Fsp3) is 0.632. The maximum Gasteiger partial charge on any atom is 0.251 e. The van der Waals surface area contributed by atoms with Gasteiger partial charge in [-0.3, -0.25) is 4.79 Å². The maximum atomic E-state index is 12.6. The second kappa shape index (κ2) is 7.02. The molecule has 2 aliphatic rings. The van der Waals surface area contributed by atoms with E-state index in [-0.39, 0.29) is 17.4 Å². The zero-order chi connectivity index (χ0) is 16.3. The first kappa shape index (κ1) is 16.5. The molecular weight excluding hydrogens is 288 g/mol. The highest BCUT2D eigenvalue weighted by Gasteiger charge is 2.56. The molecule has 1 aromatic rings. The van der Waals surface area contributed by atoms with Crippen LogP contribution in [0.3, 0.4) is 0 Å². The zero-order valence-electron chi connectivity index (χ0n) is 14.0. The van der Waals surface area contributed by atoms with Crippen molar-refractivity contribution in [2.24, 2.45) is 11.1 Å². The summed E-state index contributed by atoms with van der Waals surface area (Å²) < 4.78 is 5.95. The number of nitrogens with one attached hydrogen (secondary N) is 1. The lowest BCUT2D eigenvalue weighted by atomic mass is 9.55. The molecule has 1 amide bonds. The van der Waals surface area contributed by atoms with Crippen molar-refractivity contribution in [3.63, 3.8) is 0 Å². The van der Waals surface area contributed by atoms with E-state index in [1.54, 1.807) is 0 Å². The molecule has 4 nitrogen and oxygen atoms in total. The largest absolute Gasteiger partial charge is 0.378 e. The molecule has 2 unspecified atom stereocenters. The molecule has 3 rings (SSSR count). The first-order valence-corrected chi connectivity index (χ1v) is 8.91. The summed E-state index contributed by atoms with van der Waals surface area (Å²) in [4.78, 5) is 12.6. The van der Waals surface area contributed by atoms with E-state index in [0.717, 1.165) is 18.6 Å². The van der Waals surface area contributed by atoms with Crippen molar-refractivity contribution in [1.82, 2.24) is 5.32 Å². The second-order valence-electron chi connectivity index (χ2n) is 6.90. The summed E-state index contributed by atoms with van der Waals surface area (Å²) in [6.07, 6.45) is 7.42. The average Bonchev–Trinajstić information content (AvgIpc) is 2.61. The molecule has 2 atom stereocenters. The normalized spacial score (nSPS) is 25.8. The second-order valence-corrected chi connectivity index (χ2v) is 6.90. The van der Waals surface area contributed by atoms with Gasteiger partial charge >= 0.3 is 0 Å². The van der Waals surface area contributed by atoms with E-state index in [2.05, 4.69) is 12.2 Å². The number of hydrogen-bond donors (Lipinski definition) is 2. The van der Waals surface area contributed by atoms with E-state index in [4.69, 9.17) is 10.5 Å². The van der Waals surface area contributed by atoms with Crippen molar-refractivity contribution in [1.29, 1.82) is 0 Å². The third-order valence-electron chi connectivity index (χ3n) is 5.69. The highest BCUT2D eigenvalue weighted by molar-refractivity contribution is 5.94. The van der Waals surface area contributed by atoms with Crippen LogP contribution >= 0.6 is 0 Å². The van der Waals surface area contributed by atoms with Crippen LogP contribution in [0.15, 0.2) is 24.3 Å². The Morgan fingerprint density at radius 3 is 2.57 bits per heavy atom. The minimum absolute atomic E-state index is 0.0264. The molecule has 2 aliphatic carbocycles. The molecule has 126 valence electrons. The summed E-state index contributed by atoms with van der Waals surface area (Å²) in [7, 11) is 0. The smallest absolute Gasteiger partial charge is 0.251 e. The molecule has 0 radical (unpaired) electrons. The summed E-state index contributed by atoms with van der Waals surface area (Å²) in [5.41, 5.74) is 7.54. The Morgan fingerprint density at radius 1 is 1.26 bits per heavy atom. The van der Waals surface area contributed by atoms with Crippen molar-refractivity contribution in [2.45, 2.75) is 64.1 Å². The number of carbonyl (C=O) groups excluding carboxylic acids is 1. The Balaban J connectivity index is 1.67. The Morgan fingerprint density at radius 2 is 1.96 bits per heavy atom. The molecule has 4 heteroatoms. The van der Waals surface area contributed by atoms with Gasteiger partial charge in [0.1, 0.15) is 0 Å². The molecule has 0 bridgehead atoms. The first-order chi connectivity index (χ1) is 11.2. The fourth-order valence-electron chi connectivity index (χ4n) is 4.30. The molecule has 2 fully saturated rings. The zero-order valence-corrected chi connectivity index (χ0v) is 14.0. The van der Waals surface area contributed by atoms with Gasteiger partial charge in [0.25, 0.3) is 5.91 Å². The quantitative estimate of drug-likeness (QED) is 0.877. The Bertz CT molecular complexity index is 535. The summed E-state index contributed by atoms with van der Waals surface area (Å²) in [6.45, 7) is 3.32. The minimum Gasteiger partial charge on any atom is -0.378 e. The van der Waals surface area contributed by atoms with Crippen LogP contribution in [-0.4, -0.2) is 24.7 Å². The molecule has 0 saturated heterocycles. The molecular formula is C19H28N2O2. The maximum absolute atomic E-state index is 12.6. The summed E-state index contributed by atoms with van der Waals surface area (Å²) in [5.74, 6) is 0.0264. The van der Waals surface area contributed by atoms with Gasteiger partial charge < -0.3 is 15.8 Å². The third-order valence-corrected chi connectivity index (χ3v) is 5.69. The van der Waals surface area contributed by atoms with Gasteiger partial charge in [0, 0.05) is 30.2 Å². The van der Waals surface area contributed by atoms with E-state index in [1.807, 2.05) is 24.3 Å². The molecule has 0 aliphatic heterocycles. The Labute approximate surface area is 138 Å². The molecule has 0 aromatic heterocycles. The fourth-order valence-corrected chi connectivity index (χ4v) is 4.30. The van der Waals surface area contributed by atoms with Gasteiger partial charge in [0.2, 0.25) is 0 Å². The highest BCUT2D eigenvalue weighted by atomic mass is 16.5. The summed E-state index contributed by atoms with van der Waals surface area (Å²) in [6, 6.07) is 7.83. The predicted octanol–water partition coefficient (Wildman–Crippen LogP) is 3.00. The topological polar surface area (TPSA) is 64.3 Å². The molecule has 2 saturated carbocycles. The van der Waals surface area contributed by atoms with Crippen LogP contribution in [0.25, 0.3) is 0 Å². The van der Waals surface area contributed by atoms with Crippen LogP contribution in [0, 0.1) is 5.41 Å². The molecule has 1 aromatic carbocycles. The van der Waals surface area contributed by atoms with Gasteiger partial charge in [-0.25, -0.2) is 0 Å². The molecule has 1 spiro atoms. The van der Waals surface area contributed by atoms with Gasteiger partial charge in [0.05, 0.1) is 6.10 Å². The van der Waals surface area contributed by atoms with Gasteiger partial charge in [0.15, 0.2) is 0 Å². The van der Waals surface area contributed by atoms with E-state index in [0.29, 0.717) is 18.2 Å². The van der Waals surface area contributed by atoms with Crippen molar-refractivity contribution in [2.75, 3.05) is 6.61 Å². The minimum atomic E-state index is 0.0264. The highest BCUT2D eigenvalue weighted by Crippen LogP contribution is 2.53. The number of carbonyl (C=O) groups is 1. The van der Waals surface area contributed by atoms with Crippen LogP contribution in [0.2, 0.25) is 0 Å². The van der Waals surface area contributed by atoms with Crippen LogP contribution in [0.4, 0.5) is 0 Å². The van der Waals surface area contributed by atoms with E-state index in [9.17, 15) is 4.79 Å². The number of ether oxygens (including phenoxy) is 1. The van der Waals surface area contributed by atoms with Crippen LogP contribution in [0.5, 0.6) is 0 Å². The lowest BCUT2D eigenvalue weighted by Crippen LogP contribution is -2.65. The number of benzene rings is 1. The molecule has 3 N–H and O–H groups in total. The van der Waals surface area contributed by atoms with E-state index < -0.39 is 0 Å². The number of hydrogen-bond acceptors (Lipinski definition) is 3. The van der Waals surface area contributed by atoms with Gasteiger partial charge in [-0.2, -0.15) is 0 Å². The monoisotopic (exact) mass is 316 g/mol. The summed E-state index contributed by atoms with van der Waals surface area (Å²) >= 11 is 0. The van der Waals surface area contributed by atoms with E-state index in [1.165, 1.54) is 32.1 Å². The molecule has 23 heavy (non-hydrogen) atoms. The molecule has 0 heterocycles. The SMILES string of the molecule is CCOC1CC(NC(=O)c2ccc(CN)cc2)C12CCCCC2. The van der Waals surface area contributed by atoms with E-state index >= 15 is 0 Å². The predicted molar refractivity (Wildman–Crippen MR) is 91.1 cm³/mol.